The summed E-state index contributed by atoms with van der Waals surface area (Å²) in [4.78, 5) is 9.41. The van der Waals surface area contributed by atoms with Gasteiger partial charge in [0.25, 0.3) is 0 Å². The largest absolute Gasteiger partial charge is 0.338 e. The third kappa shape index (κ3) is 2.79. The average Bonchev–Trinajstić information content (AvgIpc) is 3.36. The standard InChI is InChI=1S/C20H17N7/c1-2-12-4-3-5-15(8-12)23-20-18-17(11-22-27-18)24-19(25-20)13-6-7-14-10-21-26-16(14)9-13/h3-11H,2H2,1H3,(H,21,26)(H,22,27)(H,23,24,25). The molecule has 7 heteroatoms. The number of benzene rings is 2. The van der Waals surface area contributed by atoms with Crippen LogP contribution in [0.2, 0.25) is 0 Å². The summed E-state index contributed by atoms with van der Waals surface area (Å²) in [5.74, 6) is 1.33. The minimum absolute atomic E-state index is 0.634. The first kappa shape index (κ1) is 15.5. The van der Waals surface area contributed by atoms with Crippen molar-refractivity contribution < 1.29 is 0 Å². The van der Waals surface area contributed by atoms with E-state index in [4.69, 9.17) is 4.98 Å². The lowest BCUT2D eigenvalue weighted by atomic mass is 10.1. The van der Waals surface area contributed by atoms with Crippen molar-refractivity contribution in [2.45, 2.75) is 13.3 Å². The zero-order chi connectivity index (χ0) is 18.2. The van der Waals surface area contributed by atoms with E-state index in [1.807, 2.05) is 30.3 Å². The maximum absolute atomic E-state index is 4.76. The van der Waals surface area contributed by atoms with E-state index in [2.05, 4.69) is 49.8 Å². The molecule has 5 aromatic rings. The Balaban J connectivity index is 1.62. The number of hydrogen-bond acceptors (Lipinski definition) is 5. The summed E-state index contributed by atoms with van der Waals surface area (Å²) in [5.41, 5.74) is 5.66. The second kappa shape index (κ2) is 6.21. The fourth-order valence-corrected chi connectivity index (χ4v) is 3.14. The molecule has 0 bridgehead atoms. The van der Waals surface area contributed by atoms with Crippen LogP contribution in [0.5, 0.6) is 0 Å². The summed E-state index contributed by atoms with van der Waals surface area (Å²) in [5, 5.41) is 18.6. The Morgan fingerprint density at radius 1 is 0.963 bits per heavy atom. The molecule has 3 N–H and O–H groups in total. The smallest absolute Gasteiger partial charge is 0.162 e. The van der Waals surface area contributed by atoms with E-state index in [1.54, 1.807) is 12.4 Å². The first-order valence-corrected chi connectivity index (χ1v) is 8.81. The van der Waals surface area contributed by atoms with E-state index >= 15 is 0 Å². The Morgan fingerprint density at radius 3 is 2.81 bits per heavy atom. The maximum Gasteiger partial charge on any atom is 0.162 e. The lowest BCUT2D eigenvalue weighted by Crippen LogP contribution is -1.99. The summed E-state index contributed by atoms with van der Waals surface area (Å²) < 4.78 is 0. The topological polar surface area (TPSA) is 95.2 Å². The van der Waals surface area contributed by atoms with Crippen molar-refractivity contribution in [3.05, 3.63) is 60.4 Å². The van der Waals surface area contributed by atoms with Crippen molar-refractivity contribution in [3.63, 3.8) is 0 Å². The van der Waals surface area contributed by atoms with Crippen LogP contribution in [0.3, 0.4) is 0 Å². The number of anilines is 2. The first-order valence-electron chi connectivity index (χ1n) is 8.81. The highest BCUT2D eigenvalue weighted by molar-refractivity contribution is 5.89. The van der Waals surface area contributed by atoms with Crippen LogP contribution in [0.1, 0.15) is 12.5 Å². The summed E-state index contributed by atoms with van der Waals surface area (Å²) in [6.45, 7) is 2.14. The number of aryl methyl sites for hydroxylation is 1. The zero-order valence-electron chi connectivity index (χ0n) is 14.7. The highest BCUT2D eigenvalue weighted by Crippen LogP contribution is 2.27. The van der Waals surface area contributed by atoms with E-state index in [0.29, 0.717) is 11.6 Å². The molecule has 0 amide bonds. The van der Waals surface area contributed by atoms with Gasteiger partial charge >= 0.3 is 0 Å². The Hall–Kier alpha value is -3.74. The van der Waals surface area contributed by atoms with Gasteiger partial charge in [-0.15, -0.1) is 0 Å². The molecule has 0 aliphatic rings. The maximum atomic E-state index is 4.76. The molecule has 0 unspecified atom stereocenters. The number of nitrogens with one attached hydrogen (secondary N) is 3. The minimum atomic E-state index is 0.634. The summed E-state index contributed by atoms with van der Waals surface area (Å²) >= 11 is 0. The van der Waals surface area contributed by atoms with Gasteiger partial charge in [0.1, 0.15) is 11.0 Å². The number of nitrogens with zero attached hydrogens (tertiary/aromatic N) is 4. The van der Waals surface area contributed by atoms with Crippen LogP contribution in [0, 0.1) is 0 Å². The fraction of sp³-hybridized carbons (Fsp3) is 0.100. The number of hydrogen-bond donors (Lipinski definition) is 3. The molecule has 5 rings (SSSR count). The molecule has 3 heterocycles. The van der Waals surface area contributed by atoms with E-state index in [1.165, 1.54) is 5.56 Å². The molecule has 0 radical (unpaired) electrons. The summed E-state index contributed by atoms with van der Waals surface area (Å²) in [7, 11) is 0. The Morgan fingerprint density at radius 2 is 1.89 bits per heavy atom. The van der Waals surface area contributed by atoms with E-state index < -0.39 is 0 Å². The third-order valence-corrected chi connectivity index (χ3v) is 4.60. The van der Waals surface area contributed by atoms with Gasteiger partial charge < -0.3 is 5.32 Å². The van der Waals surface area contributed by atoms with Crippen molar-refractivity contribution >= 4 is 33.4 Å². The van der Waals surface area contributed by atoms with Crippen LogP contribution >= 0.6 is 0 Å². The third-order valence-electron chi connectivity index (χ3n) is 4.60. The Bertz CT molecular complexity index is 1250. The van der Waals surface area contributed by atoms with E-state index in [0.717, 1.165) is 39.6 Å². The van der Waals surface area contributed by atoms with Crippen LogP contribution in [0.15, 0.2) is 54.9 Å². The van der Waals surface area contributed by atoms with Crippen molar-refractivity contribution in [2.75, 3.05) is 5.32 Å². The number of aromatic nitrogens is 6. The van der Waals surface area contributed by atoms with Crippen LogP contribution < -0.4 is 5.32 Å². The second-order valence-corrected chi connectivity index (χ2v) is 6.38. The van der Waals surface area contributed by atoms with Gasteiger partial charge in [0.15, 0.2) is 11.6 Å². The molecule has 0 fully saturated rings. The normalized spacial score (nSPS) is 11.3. The van der Waals surface area contributed by atoms with Crippen LogP contribution in [0.25, 0.3) is 33.3 Å². The molecule has 0 spiro atoms. The fourth-order valence-electron chi connectivity index (χ4n) is 3.14. The highest BCUT2D eigenvalue weighted by atomic mass is 15.2. The van der Waals surface area contributed by atoms with Gasteiger partial charge in [-0.25, -0.2) is 9.97 Å². The van der Waals surface area contributed by atoms with Gasteiger partial charge in [0.05, 0.1) is 17.9 Å². The second-order valence-electron chi connectivity index (χ2n) is 6.38. The zero-order valence-corrected chi connectivity index (χ0v) is 14.7. The van der Waals surface area contributed by atoms with Gasteiger partial charge in [0, 0.05) is 16.6 Å². The number of aromatic amines is 2. The molecule has 0 aliphatic heterocycles. The highest BCUT2D eigenvalue weighted by Gasteiger charge is 2.12. The predicted molar refractivity (Wildman–Crippen MR) is 106 cm³/mol. The van der Waals surface area contributed by atoms with Crippen LogP contribution in [0.4, 0.5) is 11.5 Å². The molecule has 0 aliphatic carbocycles. The number of fused-ring (bicyclic) bond motifs is 2. The molecule has 2 aromatic carbocycles. The molecule has 132 valence electrons. The Kier molecular flexibility index (Phi) is 3.57. The molecule has 0 saturated carbocycles. The molecular formula is C20H17N7. The van der Waals surface area contributed by atoms with Gasteiger partial charge in [0.2, 0.25) is 0 Å². The number of rotatable bonds is 4. The van der Waals surface area contributed by atoms with E-state index in [-0.39, 0.29) is 0 Å². The van der Waals surface area contributed by atoms with Crippen molar-refractivity contribution in [1.29, 1.82) is 0 Å². The van der Waals surface area contributed by atoms with Crippen molar-refractivity contribution in [2.24, 2.45) is 0 Å². The molecule has 0 saturated heterocycles. The summed E-state index contributed by atoms with van der Waals surface area (Å²) in [6, 6.07) is 14.3. The predicted octanol–water partition coefficient (Wildman–Crippen LogP) is 4.20. The van der Waals surface area contributed by atoms with Gasteiger partial charge in [-0.05, 0) is 30.2 Å². The molecule has 27 heavy (non-hydrogen) atoms. The lowest BCUT2D eigenvalue weighted by Gasteiger charge is -2.10. The summed E-state index contributed by atoms with van der Waals surface area (Å²) in [6.07, 6.45) is 4.49. The van der Waals surface area contributed by atoms with Crippen molar-refractivity contribution in [1.82, 2.24) is 30.4 Å². The van der Waals surface area contributed by atoms with Gasteiger partial charge in [-0.2, -0.15) is 10.2 Å². The van der Waals surface area contributed by atoms with Crippen LogP contribution in [-0.2, 0) is 6.42 Å². The minimum Gasteiger partial charge on any atom is -0.338 e. The Labute approximate surface area is 154 Å². The first-order chi connectivity index (χ1) is 13.3. The SMILES string of the molecule is CCc1cccc(Nc2nc(-c3ccc4cn[nH]c4c3)nc3cn[nH]c23)c1. The monoisotopic (exact) mass is 355 g/mol. The quantitative estimate of drug-likeness (QED) is 0.449. The van der Waals surface area contributed by atoms with Crippen LogP contribution in [-0.4, -0.2) is 30.4 Å². The molecule has 0 atom stereocenters. The lowest BCUT2D eigenvalue weighted by molar-refractivity contribution is 1.11. The number of H-pyrrole nitrogens is 2. The van der Waals surface area contributed by atoms with Gasteiger partial charge in [-0.3, -0.25) is 10.2 Å². The molecule has 7 nitrogen and oxygen atoms in total. The average molecular weight is 355 g/mol. The molecule has 3 aromatic heterocycles. The van der Waals surface area contributed by atoms with Gasteiger partial charge in [-0.1, -0.05) is 31.2 Å². The van der Waals surface area contributed by atoms with E-state index in [9.17, 15) is 0 Å². The molecular weight excluding hydrogens is 338 g/mol. The van der Waals surface area contributed by atoms with Crippen molar-refractivity contribution in [3.8, 4) is 11.4 Å².